The van der Waals surface area contributed by atoms with E-state index in [4.69, 9.17) is 4.74 Å². The summed E-state index contributed by atoms with van der Waals surface area (Å²) in [5.41, 5.74) is 4.46. The molecule has 0 amide bonds. The third kappa shape index (κ3) is 3.90. The number of alkyl halides is 1. The largest absolute Gasteiger partial charge is 0.496 e. The van der Waals surface area contributed by atoms with Gasteiger partial charge >= 0.3 is 0 Å². The molecule has 1 aliphatic heterocycles. The zero-order valence-electron chi connectivity index (χ0n) is 16.7. The molecule has 1 unspecified atom stereocenters. The highest BCUT2D eigenvalue weighted by atomic mass is 79.9. The Morgan fingerprint density at radius 3 is 2.57 bits per heavy atom. The molecule has 2 aromatic carbocycles. The lowest BCUT2D eigenvalue weighted by atomic mass is 9.85. The van der Waals surface area contributed by atoms with E-state index in [0.29, 0.717) is 5.92 Å². The number of nitrogens with zero attached hydrogens (tertiary/aromatic N) is 1. The number of carbonyl (C=O) groups is 1. The Balaban J connectivity index is 1.38. The van der Waals surface area contributed by atoms with Crippen molar-refractivity contribution in [2.75, 3.05) is 20.2 Å². The molecule has 2 aromatic rings. The van der Waals surface area contributed by atoms with Gasteiger partial charge in [-0.25, -0.2) is 0 Å². The third-order valence-electron chi connectivity index (χ3n) is 6.31. The molecule has 0 radical (unpaired) electrons. The van der Waals surface area contributed by atoms with Crippen molar-refractivity contribution in [3.8, 4) is 5.75 Å². The molecular formula is C24H28BrNO2. The van der Waals surface area contributed by atoms with E-state index >= 15 is 0 Å². The summed E-state index contributed by atoms with van der Waals surface area (Å²) >= 11 is 3.86. The van der Waals surface area contributed by atoms with Gasteiger partial charge in [0.25, 0.3) is 0 Å². The van der Waals surface area contributed by atoms with Crippen LogP contribution < -0.4 is 4.74 Å². The van der Waals surface area contributed by atoms with Crippen molar-refractivity contribution in [3.05, 3.63) is 64.7 Å². The number of Topliss-reactive ketones (excluding diaryl/α,β-unsaturated/α-hetero) is 1. The summed E-state index contributed by atoms with van der Waals surface area (Å²) in [4.78, 5) is 15.7. The minimum Gasteiger partial charge on any atom is -0.496 e. The van der Waals surface area contributed by atoms with Gasteiger partial charge in [-0.05, 0) is 74.4 Å². The molecule has 0 aromatic heterocycles. The number of carbonyl (C=O) groups excluding carboxylic acids is 1. The quantitative estimate of drug-likeness (QED) is 0.598. The van der Waals surface area contributed by atoms with E-state index in [9.17, 15) is 4.79 Å². The van der Waals surface area contributed by atoms with Crippen LogP contribution in [-0.4, -0.2) is 35.2 Å². The highest BCUT2D eigenvalue weighted by molar-refractivity contribution is 9.10. The fraction of sp³-hybridized carbons (Fsp3) is 0.458. The standard InChI is InChI=1S/C24H28BrNO2/c1-17-12-20-15-24(25,23(27)21(20)13-22(17)28-2)14-18-8-10-26(11-9-18)16-19-6-4-3-5-7-19/h3-7,12-13,18H,8-11,14-16H2,1-2H3. The predicted octanol–water partition coefficient (Wildman–Crippen LogP) is 5.18. The maximum Gasteiger partial charge on any atom is 0.180 e. The number of fused-ring (bicyclic) bond motifs is 1. The smallest absolute Gasteiger partial charge is 0.180 e. The van der Waals surface area contributed by atoms with Gasteiger partial charge in [0.15, 0.2) is 5.78 Å². The van der Waals surface area contributed by atoms with Crippen LogP contribution in [0, 0.1) is 12.8 Å². The third-order valence-corrected chi connectivity index (χ3v) is 7.28. The average molecular weight is 442 g/mol. The number of aryl methyl sites for hydroxylation is 1. The van der Waals surface area contributed by atoms with Crippen molar-refractivity contribution < 1.29 is 9.53 Å². The average Bonchev–Trinajstić information content (AvgIpc) is 2.93. The zero-order chi connectivity index (χ0) is 19.7. The summed E-state index contributed by atoms with van der Waals surface area (Å²) in [6.45, 7) is 5.28. The monoisotopic (exact) mass is 441 g/mol. The van der Waals surface area contributed by atoms with Gasteiger partial charge < -0.3 is 4.74 Å². The maximum atomic E-state index is 13.2. The number of ether oxygens (including phenoxy) is 1. The van der Waals surface area contributed by atoms with Gasteiger partial charge in [-0.1, -0.05) is 52.3 Å². The molecule has 0 bridgehead atoms. The summed E-state index contributed by atoms with van der Waals surface area (Å²) in [5.74, 6) is 1.62. The molecule has 4 heteroatoms. The van der Waals surface area contributed by atoms with E-state index in [2.05, 4.69) is 57.2 Å². The summed E-state index contributed by atoms with van der Waals surface area (Å²) in [6.07, 6.45) is 4.02. The molecule has 0 spiro atoms. The highest BCUT2D eigenvalue weighted by Crippen LogP contribution is 2.44. The lowest BCUT2D eigenvalue weighted by Gasteiger charge is -2.35. The van der Waals surface area contributed by atoms with Crippen LogP contribution in [0.4, 0.5) is 0 Å². The molecule has 3 nitrogen and oxygen atoms in total. The first-order chi connectivity index (χ1) is 13.5. The van der Waals surface area contributed by atoms with E-state index in [-0.39, 0.29) is 5.78 Å². The van der Waals surface area contributed by atoms with Crippen LogP contribution in [0.1, 0.15) is 46.3 Å². The Hall–Kier alpha value is -1.65. The van der Waals surface area contributed by atoms with Crippen LogP contribution in [0.15, 0.2) is 42.5 Å². The minimum absolute atomic E-state index is 0.229. The van der Waals surface area contributed by atoms with Crippen molar-refractivity contribution >= 4 is 21.7 Å². The van der Waals surface area contributed by atoms with Crippen LogP contribution in [-0.2, 0) is 13.0 Å². The second-order valence-corrected chi connectivity index (χ2v) is 9.88. The van der Waals surface area contributed by atoms with Crippen LogP contribution in [0.5, 0.6) is 5.75 Å². The van der Waals surface area contributed by atoms with E-state index in [1.165, 1.54) is 5.56 Å². The number of hydrogen-bond donors (Lipinski definition) is 0. The first-order valence-corrected chi connectivity index (χ1v) is 11.0. The summed E-state index contributed by atoms with van der Waals surface area (Å²) in [7, 11) is 1.67. The Labute approximate surface area is 176 Å². The second kappa shape index (κ2) is 8.00. The fourth-order valence-electron chi connectivity index (χ4n) is 4.76. The molecule has 0 saturated carbocycles. The molecule has 1 aliphatic carbocycles. The molecule has 148 valence electrons. The molecule has 1 saturated heterocycles. The summed E-state index contributed by atoms with van der Waals surface area (Å²) in [5, 5.41) is 0. The number of rotatable bonds is 5. The molecule has 4 rings (SSSR count). The topological polar surface area (TPSA) is 29.5 Å². The van der Waals surface area contributed by atoms with Gasteiger partial charge in [-0.3, -0.25) is 9.69 Å². The first-order valence-electron chi connectivity index (χ1n) is 10.2. The highest BCUT2D eigenvalue weighted by Gasteiger charge is 2.45. The van der Waals surface area contributed by atoms with Crippen molar-refractivity contribution in [2.45, 2.75) is 43.5 Å². The Morgan fingerprint density at radius 2 is 1.89 bits per heavy atom. The number of ketones is 1. The SMILES string of the molecule is COc1cc2c(cc1C)CC(Br)(CC1CCN(Cc3ccccc3)CC1)C2=O. The fourth-order valence-corrected chi connectivity index (χ4v) is 5.74. The Bertz CT molecular complexity index is 858. The molecular weight excluding hydrogens is 414 g/mol. The van der Waals surface area contributed by atoms with E-state index in [0.717, 1.165) is 67.8 Å². The number of benzene rings is 2. The summed E-state index contributed by atoms with van der Waals surface area (Å²) < 4.78 is 4.98. The second-order valence-electron chi connectivity index (χ2n) is 8.36. The van der Waals surface area contributed by atoms with Crippen LogP contribution in [0.3, 0.4) is 0 Å². The van der Waals surface area contributed by atoms with Gasteiger partial charge in [0.1, 0.15) is 5.75 Å². The first kappa shape index (κ1) is 19.7. The van der Waals surface area contributed by atoms with Crippen molar-refractivity contribution in [1.82, 2.24) is 4.90 Å². The number of methoxy groups -OCH3 is 1. The van der Waals surface area contributed by atoms with E-state index in [1.54, 1.807) is 7.11 Å². The molecule has 2 aliphatic rings. The van der Waals surface area contributed by atoms with Gasteiger partial charge in [0.05, 0.1) is 11.4 Å². The van der Waals surface area contributed by atoms with Crippen molar-refractivity contribution in [2.24, 2.45) is 5.92 Å². The molecule has 1 fully saturated rings. The van der Waals surface area contributed by atoms with E-state index in [1.807, 2.05) is 13.0 Å². The lowest BCUT2D eigenvalue weighted by Crippen LogP contribution is -2.38. The Kier molecular flexibility index (Phi) is 5.62. The van der Waals surface area contributed by atoms with Crippen LogP contribution in [0.2, 0.25) is 0 Å². The number of likely N-dealkylation sites (tertiary alicyclic amines) is 1. The number of hydrogen-bond acceptors (Lipinski definition) is 3. The minimum atomic E-state index is -0.444. The summed E-state index contributed by atoms with van der Waals surface area (Å²) in [6, 6.07) is 14.7. The number of piperidine rings is 1. The zero-order valence-corrected chi connectivity index (χ0v) is 18.3. The van der Waals surface area contributed by atoms with Gasteiger partial charge in [0, 0.05) is 12.1 Å². The van der Waals surface area contributed by atoms with E-state index < -0.39 is 4.32 Å². The Morgan fingerprint density at radius 1 is 1.18 bits per heavy atom. The van der Waals surface area contributed by atoms with Crippen LogP contribution in [0.25, 0.3) is 0 Å². The normalized spacial score (nSPS) is 23.0. The number of halogens is 1. The van der Waals surface area contributed by atoms with Crippen molar-refractivity contribution in [3.63, 3.8) is 0 Å². The lowest BCUT2D eigenvalue weighted by molar-refractivity contribution is 0.0929. The molecule has 28 heavy (non-hydrogen) atoms. The van der Waals surface area contributed by atoms with Crippen molar-refractivity contribution in [1.29, 1.82) is 0 Å². The predicted molar refractivity (Wildman–Crippen MR) is 116 cm³/mol. The van der Waals surface area contributed by atoms with Gasteiger partial charge in [0.2, 0.25) is 0 Å². The van der Waals surface area contributed by atoms with Gasteiger partial charge in [-0.2, -0.15) is 0 Å². The molecule has 1 atom stereocenters. The van der Waals surface area contributed by atoms with Crippen LogP contribution >= 0.6 is 15.9 Å². The maximum absolute atomic E-state index is 13.2. The van der Waals surface area contributed by atoms with Gasteiger partial charge in [-0.15, -0.1) is 0 Å². The molecule has 1 heterocycles. The molecule has 0 N–H and O–H groups in total.